The SMILES string of the molecule is CNC(=O)CCNc1c(C(=O)O)nnc2ccccc12. The number of rotatable bonds is 5. The number of carboxylic acid groups (broad SMARTS) is 1. The van der Waals surface area contributed by atoms with Crippen LogP contribution >= 0.6 is 0 Å². The van der Waals surface area contributed by atoms with Crippen LogP contribution in [-0.2, 0) is 4.79 Å². The Hall–Kier alpha value is -2.70. The fourth-order valence-corrected chi connectivity index (χ4v) is 1.81. The highest BCUT2D eigenvalue weighted by Gasteiger charge is 2.16. The molecular formula is C13H14N4O3. The van der Waals surface area contributed by atoms with E-state index >= 15 is 0 Å². The normalized spacial score (nSPS) is 10.2. The maximum absolute atomic E-state index is 11.2. The monoisotopic (exact) mass is 274 g/mol. The first-order valence-corrected chi connectivity index (χ1v) is 6.06. The molecule has 0 aliphatic carbocycles. The summed E-state index contributed by atoms with van der Waals surface area (Å²) in [6.07, 6.45) is 0.242. The van der Waals surface area contributed by atoms with Crippen molar-refractivity contribution in [2.24, 2.45) is 0 Å². The molecule has 0 saturated heterocycles. The molecule has 0 atom stereocenters. The van der Waals surface area contributed by atoms with Crippen LogP contribution in [0, 0.1) is 0 Å². The van der Waals surface area contributed by atoms with Crippen molar-refractivity contribution < 1.29 is 14.7 Å². The number of carbonyl (C=O) groups is 2. The summed E-state index contributed by atoms with van der Waals surface area (Å²) in [4.78, 5) is 22.4. The van der Waals surface area contributed by atoms with Crippen LogP contribution < -0.4 is 10.6 Å². The van der Waals surface area contributed by atoms with Crippen molar-refractivity contribution in [2.75, 3.05) is 18.9 Å². The van der Waals surface area contributed by atoms with Crippen LogP contribution in [-0.4, -0.2) is 40.8 Å². The van der Waals surface area contributed by atoms with Crippen molar-refractivity contribution in [1.82, 2.24) is 15.5 Å². The van der Waals surface area contributed by atoms with E-state index in [1.807, 2.05) is 0 Å². The van der Waals surface area contributed by atoms with E-state index in [0.29, 0.717) is 23.1 Å². The molecule has 0 fully saturated rings. The number of aromatic nitrogens is 2. The molecule has 0 aliphatic rings. The van der Waals surface area contributed by atoms with Gasteiger partial charge in [0, 0.05) is 25.4 Å². The number of carbonyl (C=O) groups excluding carboxylic acids is 1. The second-order valence-electron chi connectivity index (χ2n) is 4.10. The second kappa shape index (κ2) is 5.96. The standard InChI is InChI=1S/C13H14N4O3/c1-14-10(18)6-7-15-11-8-4-2-3-5-9(8)16-17-12(11)13(19)20/h2-5H,6-7H2,1H3,(H,14,18)(H,15,16)(H,19,20). The van der Waals surface area contributed by atoms with E-state index in [2.05, 4.69) is 20.8 Å². The molecule has 0 saturated carbocycles. The third kappa shape index (κ3) is 2.82. The van der Waals surface area contributed by atoms with Gasteiger partial charge in [-0.1, -0.05) is 18.2 Å². The summed E-state index contributed by atoms with van der Waals surface area (Å²) in [5.74, 6) is -1.29. The Kier molecular flexibility index (Phi) is 4.09. The number of aromatic carboxylic acids is 1. The average molecular weight is 274 g/mol. The number of nitrogens with one attached hydrogen (secondary N) is 2. The van der Waals surface area contributed by atoms with Gasteiger partial charge in [-0.2, -0.15) is 0 Å². The predicted octanol–water partition coefficient (Wildman–Crippen LogP) is 0.876. The van der Waals surface area contributed by atoms with Gasteiger partial charge < -0.3 is 15.7 Å². The van der Waals surface area contributed by atoms with Crippen LogP contribution in [0.5, 0.6) is 0 Å². The molecule has 20 heavy (non-hydrogen) atoms. The van der Waals surface area contributed by atoms with Crippen LogP contribution in [0.3, 0.4) is 0 Å². The summed E-state index contributed by atoms with van der Waals surface area (Å²) < 4.78 is 0. The molecule has 1 aromatic heterocycles. The van der Waals surface area contributed by atoms with Crippen molar-refractivity contribution in [2.45, 2.75) is 6.42 Å². The lowest BCUT2D eigenvalue weighted by atomic mass is 10.1. The molecule has 1 amide bonds. The van der Waals surface area contributed by atoms with Gasteiger partial charge in [0.05, 0.1) is 11.2 Å². The highest BCUT2D eigenvalue weighted by Crippen LogP contribution is 2.24. The zero-order valence-corrected chi connectivity index (χ0v) is 10.9. The first-order valence-electron chi connectivity index (χ1n) is 6.06. The molecule has 7 nitrogen and oxygen atoms in total. The maximum Gasteiger partial charge on any atom is 0.358 e. The summed E-state index contributed by atoms with van der Waals surface area (Å²) in [5.41, 5.74) is 0.826. The Morgan fingerprint density at radius 3 is 2.70 bits per heavy atom. The molecule has 2 aromatic rings. The minimum atomic E-state index is -1.16. The Bertz CT molecular complexity index is 657. The third-order valence-corrected chi connectivity index (χ3v) is 2.80. The lowest BCUT2D eigenvalue weighted by Gasteiger charge is -2.11. The lowest BCUT2D eigenvalue weighted by molar-refractivity contribution is -0.120. The third-order valence-electron chi connectivity index (χ3n) is 2.80. The van der Waals surface area contributed by atoms with Crippen LogP contribution in [0.15, 0.2) is 24.3 Å². The van der Waals surface area contributed by atoms with E-state index < -0.39 is 5.97 Å². The maximum atomic E-state index is 11.2. The molecular weight excluding hydrogens is 260 g/mol. The number of hydrogen-bond acceptors (Lipinski definition) is 5. The first-order chi connectivity index (χ1) is 9.63. The number of nitrogens with zero attached hydrogens (tertiary/aromatic N) is 2. The quantitative estimate of drug-likeness (QED) is 0.747. The molecule has 1 aromatic carbocycles. The van der Waals surface area contributed by atoms with Crippen molar-refractivity contribution >= 4 is 28.5 Å². The minimum Gasteiger partial charge on any atom is -0.476 e. The van der Waals surface area contributed by atoms with Gasteiger partial charge in [-0.15, -0.1) is 10.2 Å². The number of amides is 1. The number of fused-ring (bicyclic) bond motifs is 1. The zero-order chi connectivity index (χ0) is 14.5. The molecule has 0 bridgehead atoms. The van der Waals surface area contributed by atoms with Gasteiger partial charge in [-0.05, 0) is 6.07 Å². The fourth-order valence-electron chi connectivity index (χ4n) is 1.81. The lowest BCUT2D eigenvalue weighted by Crippen LogP contribution is -2.21. The van der Waals surface area contributed by atoms with Crippen LogP contribution in [0.1, 0.15) is 16.9 Å². The molecule has 2 rings (SSSR count). The number of hydrogen-bond donors (Lipinski definition) is 3. The smallest absolute Gasteiger partial charge is 0.358 e. The molecule has 0 unspecified atom stereocenters. The van der Waals surface area contributed by atoms with Gasteiger partial charge in [0.2, 0.25) is 5.91 Å². The van der Waals surface area contributed by atoms with Gasteiger partial charge in [-0.25, -0.2) is 4.79 Å². The largest absolute Gasteiger partial charge is 0.476 e. The zero-order valence-electron chi connectivity index (χ0n) is 10.9. The molecule has 7 heteroatoms. The van der Waals surface area contributed by atoms with E-state index in [4.69, 9.17) is 5.11 Å². The van der Waals surface area contributed by atoms with E-state index in [9.17, 15) is 9.59 Å². The summed E-state index contributed by atoms with van der Waals surface area (Å²) in [6, 6.07) is 7.10. The van der Waals surface area contributed by atoms with Crippen molar-refractivity contribution in [1.29, 1.82) is 0 Å². The van der Waals surface area contributed by atoms with Crippen LogP contribution in [0.25, 0.3) is 10.9 Å². The van der Waals surface area contributed by atoms with Gasteiger partial charge in [0.1, 0.15) is 0 Å². The predicted molar refractivity (Wildman–Crippen MR) is 73.7 cm³/mol. The Morgan fingerprint density at radius 2 is 2.00 bits per heavy atom. The Morgan fingerprint density at radius 1 is 1.25 bits per heavy atom. The fraction of sp³-hybridized carbons (Fsp3) is 0.231. The van der Waals surface area contributed by atoms with E-state index in [0.717, 1.165) is 0 Å². The number of anilines is 1. The van der Waals surface area contributed by atoms with Crippen molar-refractivity contribution in [3.63, 3.8) is 0 Å². The van der Waals surface area contributed by atoms with E-state index in [1.165, 1.54) is 0 Å². The molecule has 3 N–H and O–H groups in total. The van der Waals surface area contributed by atoms with E-state index in [1.54, 1.807) is 31.3 Å². The highest BCUT2D eigenvalue weighted by molar-refractivity contribution is 6.02. The molecule has 1 heterocycles. The van der Waals surface area contributed by atoms with Crippen LogP contribution in [0.2, 0.25) is 0 Å². The summed E-state index contributed by atoms with van der Waals surface area (Å²) in [6.45, 7) is 0.315. The molecule has 0 spiro atoms. The van der Waals surface area contributed by atoms with Gasteiger partial charge in [-0.3, -0.25) is 4.79 Å². The van der Waals surface area contributed by atoms with Crippen molar-refractivity contribution in [3.8, 4) is 0 Å². The Labute approximate surface area is 115 Å². The molecule has 104 valence electrons. The second-order valence-corrected chi connectivity index (χ2v) is 4.10. The highest BCUT2D eigenvalue weighted by atomic mass is 16.4. The number of carboxylic acids is 1. The first kappa shape index (κ1) is 13.7. The van der Waals surface area contributed by atoms with Crippen molar-refractivity contribution in [3.05, 3.63) is 30.0 Å². The van der Waals surface area contributed by atoms with Gasteiger partial charge in [0.25, 0.3) is 0 Å². The summed E-state index contributed by atoms with van der Waals surface area (Å²) in [7, 11) is 1.55. The number of benzene rings is 1. The summed E-state index contributed by atoms with van der Waals surface area (Å²) >= 11 is 0. The molecule has 0 aliphatic heterocycles. The summed E-state index contributed by atoms with van der Waals surface area (Å²) in [5, 5.41) is 22.9. The van der Waals surface area contributed by atoms with E-state index in [-0.39, 0.29) is 18.0 Å². The average Bonchev–Trinajstić information content (AvgIpc) is 2.46. The Balaban J connectivity index is 2.34. The minimum absolute atomic E-state index is 0.124. The van der Waals surface area contributed by atoms with Gasteiger partial charge >= 0.3 is 5.97 Å². The topological polar surface area (TPSA) is 104 Å². The van der Waals surface area contributed by atoms with Crippen LogP contribution in [0.4, 0.5) is 5.69 Å². The van der Waals surface area contributed by atoms with Gasteiger partial charge in [0.15, 0.2) is 5.69 Å². The molecule has 0 radical (unpaired) electrons.